The van der Waals surface area contributed by atoms with Crippen molar-refractivity contribution < 1.29 is 4.39 Å². The molecule has 1 aliphatic heterocycles. The summed E-state index contributed by atoms with van der Waals surface area (Å²) >= 11 is 0. The molecule has 1 aromatic carbocycles. The fourth-order valence-electron chi connectivity index (χ4n) is 4.60. The molecule has 31 heavy (non-hydrogen) atoms. The van der Waals surface area contributed by atoms with E-state index in [-0.39, 0.29) is 5.83 Å². The maximum Gasteiger partial charge on any atom is 0.123 e. The molecule has 0 amide bonds. The zero-order chi connectivity index (χ0) is 22.1. The Labute approximate surface area is 187 Å². The molecular formula is C27H38FN3. The van der Waals surface area contributed by atoms with Crippen LogP contribution in [0.25, 0.3) is 11.0 Å². The second kappa shape index (κ2) is 12.0. The van der Waals surface area contributed by atoms with Crippen LogP contribution in [0.2, 0.25) is 0 Å². The zero-order valence-electron chi connectivity index (χ0n) is 19.5. The number of likely N-dealkylation sites (tertiary alicyclic amines) is 1. The Hall–Kier alpha value is -2.20. The Morgan fingerprint density at radius 3 is 2.65 bits per heavy atom. The van der Waals surface area contributed by atoms with E-state index in [1.54, 1.807) is 12.2 Å². The van der Waals surface area contributed by atoms with Gasteiger partial charge in [0, 0.05) is 7.05 Å². The van der Waals surface area contributed by atoms with Crippen LogP contribution in [0.1, 0.15) is 64.6 Å². The predicted octanol–water partition coefficient (Wildman–Crippen LogP) is 7.11. The maximum absolute atomic E-state index is 13.4. The van der Waals surface area contributed by atoms with Crippen LogP contribution in [-0.4, -0.2) is 27.5 Å². The van der Waals surface area contributed by atoms with Crippen molar-refractivity contribution >= 4 is 11.0 Å². The number of imidazole rings is 1. The molecule has 1 fully saturated rings. The van der Waals surface area contributed by atoms with Crippen LogP contribution in [0, 0.1) is 5.92 Å². The summed E-state index contributed by atoms with van der Waals surface area (Å²) in [7, 11) is 2.12. The molecule has 4 rings (SSSR count). The summed E-state index contributed by atoms with van der Waals surface area (Å²) in [5, 5.41) is 0. The zero-order valence-corrected chi connectivity index (χ0v) is 19.5. The van der Waals surface area contributed by atoms with Gasteiger partial charge in [-0.3, -0.25) is 4.90 Å². The standard InChI is InChI=1S/C25H32FN3.C2H6/c1-28-24-12-5-4-11-23(24)27-25(28)19-29-17-15-21(16-18-29)9-6-8-20-7-2-3-10-22(26)14-13-20;1-2/h3-5,10-14,21H,2,6-9,15-19H2,1H3;1-2H3/b10-3-,20-13+,22-14+;. The van der Waals surface area contributed by atoms with Crippen LogP contribution in [0.5, 0.6) is 0 Å². The Balaban J connectivity index is 0.00000132. The van der Waals surface area contributed by atoms with Crippen LogP contribution in [-0.2, 0) is 13.6 Å². The van der Waals surface area contributed by atoms with E-state index in [1.807, 2.05) is 26.0 Å². The highest BCUT2D eigenvalue weighted by molar-refractivity contribution is 5.75. The first-order valence-electron chi connectivity index (χ1n) is 12.0. The highest BCUT2D eigenvalue weighted by Gasteiger charge is 2.20. The van der Waals surface area contributed by atoms with E-state index in [1.165, 1.54) is 36.8 Å². The third-order valence-electron chi connectivity index (χ3n) is 6.45. The molecule has 4 heteroatoms. The second-order valence-corrected chi connectivity index (χ2v) is 8.51. The first kappa shape index (κ1) is 23.5. The molecule has 2 aliphatic rings. The van der Waals surface area contributed by atoms with Gasteiger partial charge < -0.3 is 4.57 Å². The van der Waals surface area contributed by atoms with Crippen LogP contribution in [0.15, 0.2) is 60.0 Å². The molecule has 1 aromatic heterocycles. The Morgan fingerprint density at radius 2 is 1.87 bits per heavy atom. The lowest BCUT2D eigenvalue weighted by Crippen LogP contribution is -2.34. The monoisotopic (exact) mass is 423 g/mol. The van der Waals surface area contributed by atoms with E-state index in [4.69, 9.17) is 4.98 Å². The molecule has 168 valence electrons. The summed E-state index contributed by atoms with van der Waals surface area (Å²) in [5.74, 6) is 1.86. The van der Waals surface area contributed by atoms with E-state index in [0.717, 1.165) is 56.2 Å². The average molecular weight is 424 g/mol. The van der Waals surface area contributed by atoms with Crippen molar-refractivity contribution in [1.82, 2.24) is 14.5 Å². The molecule has 0 unspecified atom stereocenters. The minimum atomic E-state index is -0.129. The number of benzene rings is 1. The van der Waals surface area contributed by atoms with Crippen molar-refractivity contribution in [2.75, 3.05) is 13.1 Å². The van der Waals surface area contributed by atoms with Gasteiger partial charge in [0.25, 0.3) is 0 Å². The quantitative estimate of drug-likeness (QED) is 0.493. The minimum absolute atomic E-state index is 0.129. The number of nitrogens with zero attached hydrogens (tertiary/aromatic N) is 3. The molecule has 3 nitrogen and oxygen atoms in total. The molecule has 1 saturated heterocycles. The maximum atomic E-state index is 13.4. The lowest BCUT2D eigenvalue weighted by Gasteiger charge is -2.31. The molecule has 0 N–H and O–H groups in total. The summed E-state index contributed by atoms with van der Waals surface area (Å²) in [6.45, 7) is 7.26. The molecule has 0 saturated carbocycles. The van der Waals surface area contributed by atoms with Gasteiger partial charge >= 0.3 is 0 Å². The largest absolute Gasteiger partial charge is 0.330 e. The topological polar surface area (TPSA) is 21.1 Å². The van der Waals surface area contributed by atoms with Gasteiger partial charge in [0.1, 0.15) is 11.7 Å². The van der Waals surface area contributed by atoms with Crippen molar-refractivity contribution in [3.05, 3.63) is 65.8 Å². The summed E-state index contributed by atoms with van der Waals surface area (Å²) < 4.78 is 15.6. The molecule has 2 aromatic rings. The normalized spacial score (nSPS) is 22.5. The van der Waals surface area contributed by atoms with E-state index in [9.17, 15) is 4.39 Å². The number of fused-ring (bicyclic) bond motifs is 1. The van der Waals surface area contributed by atoms with Crippen LogP contribution in [0.4, 0.5) is 4.39 Å². The number of para-hydroxylation sites is 2. The van der Waals surface area contributed by atoms with Gasteiger partial charge in [0.2, 0.25) is 0 Å². The van der Waals surface area contributed by atoms with Crippen molar-refractivity contribution in [1.29, 1.82) is 0 Å². The predicted molar refractivity (Wildman–Crippen MR) is 130 cm³/mol. The highest BCUT2D eigenvalue weighted by Crippen LogP contribution is 2.26. The first-order chi connectivity index (χ1) is 15.2. The van der Waals surface area contributed by atoms with Gasteiger partial charge in [0.15, 0.2) is 0 Å². The number of halogens is 1. The fraction of sp³-hybridized carbons (Fsp3) is 0.519. The average Bonchev–Trinajstić information content (AvgIpc) is 3.11. The third-order valence-corrected chi connectivity index (χ3v) is 6.45. The van der Waals surface area contributed by atoms with Gasteiger partial charge in [-0.25, -0.2) is 9.37 Å². The molecule has 0 radical (unpaired) electrons. The second-order valence-electron chi connectivity index (χ2n) is 8.51. The van der Waals surface area contributed by atoms with Crippen molar-refractivity contribution in [3.63, 3.8) is 0 Å². The summed E-state index contributed by atoms with van der Waals surface area (Å²) in [5.41, 5.74) is 3.70. The number of aryl methyl sites for hydroxylation is 1. The molecule has 1 aliphatic carbocycles. The van der Waals surface area contributed by atoms with Crippen LogP contribution < -0.4 is 0 Å². The third kappa shape index (κ3) is 6.64. The molecule has 2 heterocycles. The highest BCUT2D eigenvalue weighted by atomic mass is 19.1. The van der Waals surface area contributed by atoms with E-state index in [2.05, 4.69) is 40.8 Å². The van der Waals surface area contributed by atoms with Gasteiger partial charge in [-0.1, -0.05) is 50.1 Å². The van der Waals surface area contributed by atoms with Gasteiger partial charge in [-0.05, 0) is 81.8 Å². The SMILES string of the molecule is CC.Cn1c(CN2CCC(CCC/C3=C/C=C(F)\C=C/CC3)CC2)nc2ccccc21. The van der Waals surface area contributed by atoms with E-state index in [0.29, 0.717) is 0 Å². The lowest BCUT2D eigenvalue weighted by molar-refractivity contribution is 0.166. The molecule has 0 spiro atoms. The Bertz CT molecular complexity index is 914. The Kier molecular flexibility index (Phi) is 9.08. The first-order valence-corrected chi connectivity index (χ1v) is 12.0. The van der Waals surface area contributed by atoms with Gasteiger partial charge in [-0.15, -0.1) is 0 Å². The van der Waals surface area contributed by atoms with Crippen molar-refractivity contribution in [2.24, 2.45) is 13.0 Å². The van der Waals surface area contributed by atoms with Crippen molar-refractivity contribution in [2.45, 2.75) is 65.3 Å². The van der Waals surface area contributed by atoms with Gasteiger partial charge in [0.05, 0.1) is 17.6 Å². The molecular weight excluding hydrogens is 385 g/mol. The van der Waals surface area contributed by atoms with Crippen LogP contribution >= 0.6 is 0 Å². The number of hydrogen-bond acceptors (Lipinski definition) is 2. The van der Waals surface area contributed by atoms with E-state index < -0.39 is 0 Å². The number of hydrogen-bond donors (Lipinski definition) is 0. The molecule has 0 bridgehead atoms. The van der Waals surface area contributed by atoms with Gasteiger partial charge in [-0.2, -0.15) is 0 Å². The number of piperidine rings is 1. The van der Waals surface area contributed by atoms with Crippen molar-refractivity contribution in [3.8, 4) is 0 Å². The van der Waals surface area contributed by atoms with E-state index >= 15 is 0 Å². The fourth-order valence-corrected chi connectivity index (χ4v) is 4.60. The lowest BCUT2D eigenvalue weighted by atomic mass is 9.90. The molecule has 0 atom stereocenters. The summed E-state index contributed by atoms with van der Waals surface area (Å²) in [6.07, 6.45) is 15.3. The Morgan fingerprint density at radius 1 is 1.10 bits per heavy atom. The number of allylic oxidation sites excluding steroid dienone is 6. The minimum Gasteiger partial charge on any atom is -0.330 e. The smallest absolute Gasteiger partial charge is 0.123 e. The summed E-state index contributed by atoms with van der Waals surface area (Å²) in [4.78, 5) is 7.38. The number of aromatic nitrogens is 2. The number of rotatable bonds is 6. The summed E-state index contributed by atoms with van der Waals surface area (Å²) in [6, 6.07) is 8.37. The van der Waals surface area contributed by atoms with Crippen LogP contribution in [0.3, 0.4) is 0 Å².